The Labute approximate surface area is 280 Å². The van der Waals surface area contributed by atoms with Gasteiger partial charge in [-0.1, -0.05) is 6.07 Å². The molecule has 1 heterocycles. The number of aliphatic hydroxyl groups excluding tert-OH is 1. The molecule has 0 unspecified atom stereocenters. The zero-order chi connectivity index (χ0) is 40.5. The molecule has 0 bridgehead atoms. The molecule has 0 aromatic heterocycles. The van der Waals surface area contributed by atoms with Crippen LogP contribution < -0.4 is 34.9 Å². The van der Waals surface area contributed by atoms with E-state index < -0.39 is 91.2 Å². The molecule has 1 atom stereocenters. The predicted octanol–water partition coefficient (Wildman–Crippen LogP) is 3.99. The summed E-state index contributed by atoms with van der Waals surface area (Å²) in [5, 5.41) is 16.3. The van der Waals surface area contributed by atoms with Gasteiger partial charge in [-0.05, 0) is 71.2 Å². The largest absolute Gasteiger partial charge is 0.493 e. The number of halogens is 1. The first-order valence-electron chi connectivity index (χ1n) is 17.5. The topological polar surface area (TPSA) is 165 Å². The quantitative estimate of drug-likeness (QED) is 0.230. The van der Waals surface area contributed by atoms with Crippen molar-refractivity contribution in [3.63, 3.8) is 0 Å². The Kier molecular flexibility index (Phi) is 6.98. The summed E-state index contributed by atoms with van der Waals surface area (Å²) in [6.07, 6.45) is -0.505. The average Bonchev–Trinajstić information content (AvgIpc) is 3.08. The molecule has 0 saturated carbocycles. The molecule has 238 valence electrons. The lowest BCUT2D eigenvalue weighted by atomic mass is 10.1. The SMILES string of the molecule is [2H]C([2H])([2H])Oc1cc(C(=O)Nc2cc3c(cc2Oc2cc(C)cc(C)c2)C(=O)N(C)[C@@H](CC(=O)NCO)C(=O)N3)c(Br)c(OC([2H])([2H])[2H])c1OC([2H])([2H])[2H]. The maximum atomic E-state index is 14.1. The Bertz CT molecular complexity index is 1970. The Morgan fingerprint density at radius 2 is 1.69 bits per heavy atom. The lowest BCUT2D eigenvalue weighted by Crippen LogP contribution is -2.45. The minimum absolute atomic E-state index is 0.109. The van der Waals surface area contributed by atoms with Gasteiger partial charge in [0.15, 0.2) is 17.2 Å². The number of nitrogens with one attached hydrogen (secondary N) is 3. The van der Waals surface area contributed by atoms with Crippen LogP contribution in [0, 0.1) is 13.8 Å². The van der Waals surface area contributed by atoms with E-state index >= 15 is 0 Å². The lowest BCUT2D eigenvalue weighted by Gasteiger charge is -2.23. The standard InChI is InChI=1S/C31H33BrN4O9/c1-15-7-16(2)9-17(8-15)45-23-10-18-20(34-30(40)22(36(3)31(18)41)13-25(38)33-14-37)12-21(23)35-29(39)19-11-24(42-4)27(43-5)28(44-6)26(19)32/h7-12,22,37H,13-14H2,1-6H3,(H,33,38)(H,34,40)(H,35,39)/t22-/m0/s1/i4D3,5D3,6D3. The molecule has 14 heteroatoms. The van der Waals surface area contributed by atoms with E-state index in [0.29, 0.717) is 0 Å². The fraction of sp³-hybridized carbons (Fsp3) is 0.290. The van der Waals surface area contributed by atoms with Crippen molar-refractivity contribution in [2.45, 2.75) is 26.3 Å². The van der Waals surface area contributed by atoms with Crippen LogP contribution in [0.2, 0.25) is 0 Å². The number of likely N-dealkylation sites (N-methyl/N-ethyl adjacent to an activating group) is 1. The summed E-state index contributed by atoms with van der Waals surface area (Å²) < 4.78 is 88.7. The molecule has 4 N–H and O–H groups in total. The number of carbonyl (C=O) groups excluding carboxylic acids is 4. The third-order valence-corrected chi connectivity index (χ3v) is 7.51. The fourth-order valence-electron chi connectivity index (χ4n) is 4.66. The molecular formula is C31H33BrN4O9. The number of ether oxygens (including phenoxy) is 4. The van der Waals surface area contributed by atoms with Crippen molar-refractivity contribution in [3.05, 3.63) is 63.1 Å². The number of benzene rings is 3. The van der Waals surface area contributed by atoms with Crippen LogP contribution in [0.5, 0.6) is 28.7 Å². The zero-order valence-electron chi connectivity index (χ0n) is 33.0. The van der Waals surface area contributed by atoms with Crippen molar-refractivity contribution >= 4 is 50.9 Å². The molecule has 4 rings (SSSR count). The van der Waals surface area contributed by atoms with Crippen molar-refractivity contribution in [2.75, 3.05) is 45.5 Å². The van der Waals surface area contributed by atoms with E-state index in [1.54, 1.807) is 26.0 Å². The van der Waals surface area contributed by atoms with Crippen LogP contribution in [0.25, 0.3) is 0 Å². The number of carbonyl (C=O) groups is 4. The smallest absolute Gasteiger partial charge is 0.257 e. The summed E-state index contributed by atoms with van der Waals surface area (Å²) in [5.74, 6) is -6.00. The Hall–Kier alpha value is -4.82. The number of methoxy groups -OCH3 is 3. The van der Waals surface area contributed by atoms with Crippen molar-refractivity contribution in [1.82, 2.24) is 10.2 Å². The van der Waals surface area contributed by atoms with E-state index in [9.17, 15) is 19.2 Å². The number of rotatable bonds is 10. The van der Waals surface area contributed by atoms with Gasteiger partial charge in [-0.3, -0.25) is 19.2 Å². The van der Waals surface area contributed by atoms with E-state index in [4.69, 9.17) is 36.4 Å². The van der Waals surface area contributed by atoms with Crippen molar-refractivity contribution in [1.29, 1.82) is 0 Å². The molecule has 3 aromatic carbocycles. The molecule has 0 saturated heterocycles. The highest BCUT2D eigenvalue weighted by Crippen LogP contribution is 2.45. The first-order valence-corrected chi connectivity index (χ1v) is 13.8. The summed E-state index contributed by atoms with van der Waals surface area (Å²) in [4.78, 5) is 54.4. The number of hydrogen-bond acceptors (Lipinski definition) is 9. The normalized spacial score (nSPS) is 17.9. The van der Waals surface area contributed by atoms with E-state index in [0.717, 1.165) is 22.1 Å². The van der Waals surface area contributed by atoms with Crippen LogP contribution in [-0.2, 0) is 9.59 Å². The minimum atomic E-state index is -3.28. The maximum Gasteiger partial charge on any atom is 0.257 e. The summed E-state index contributed by atoms with van der Waals surface area (Å²) in [5.41, 5.74) is 0.629. The molecule has 4 amide bonds. The van der Waals surface area contributed by atoms with Crippen LogP contribution in [0.1, 0.15) is 50.6 Å². The van der Waals surface area contributed by atoms with E-state index in [-0.39, 0.29) is 28.4 Å². The fourth-order valence-corrected chi connectivity index (χ4v) is 5.22. The van der Waals surface area contributed by atoms with Crippen LogP contribution >= 0.6 is 15.9 Å². The van der Waals surface area contributed by atoms with Crippen LogP contribution in [0.3, 0.4) is 0 Å². The van der Waals surface area contributed by atoms with E-state index in [1.807, 2.05) is 6.07 Å². The van der Waals surface area contributed by atoms with Gasteiger partial charge in [0.2, 0.25) is 17.6 Å². The van der Waals surface area contributed by atoms with Gasteiger partial charge in [0.1, 0.15) is 18.5 Å². The van der Waals surface area contributed by atoms with Gasteiger partial charge in [-0.2, -0.15) is 0 Å². The Balaban J connectivity index is 1.90. The van der Waals surface area contributed by atoms with Gasteiger partial charge in [-0.15, -0.1) is 0 Å². The van der Waals surface area contributed by atoms with Gasteiger partial charge in [0.25, 0.3) is 11.8 Å². The summed E-state index contributed by atoms with van der Waals surface area (Å²) >= 11 is 3.06. The molecule has 0 fully saturated rings. The van der Waals surface area contributed by atoms with Crippen LogP contribution in [0.4, 0.5) is 11.4 Å². The third kappa shape index (κ3) is 6.97. The second-order valence-corrected chi connectivity index (χ2v) is 10.7. The summed E-state index contributed by atoms with van der Waals surface area (Å²) in [6.45, 7) is 2.90. The molecule has 0 radical (unpaired) electrons. The first kappa shape index (κ1) is 22.7. The highest BCUT2D eigenvalue weighted by Gasteiger charge is 2.35. The van der Waals surface area contributed by atoms with Crippen molar-refractivity contribution in [2.24, 2.45) is 0 Å². The van der Waals surface area contributed by atoms with Gasteiger partial charge in [-0.25, -0.2) is 0 Å². The highest BCUT2D eigenvalue weighted by atomic mass is 79.9. The Morgan fingerprint density at radius 1 is 1.00 bits per heavy atom. The minimum Gasteiger partial charge on any atom is -0.493 e. The van der Waals surface area contributed by atoms with E-state index in [1.165, 1.54) is 19.2 Å². The number of aliphatic hydroxyl groups is 1. The maximum absolute atomic E-state index is 14.1. The van der Waals surface area contributed by atoms with Gasteiger partial charge < -0.3 is 44.9 Å². The molecular weight excluding hydrogens is 652 g/mol. The van der Waals surface area contributed by atoms with Crippen LogP contribution in [-0.4, -0.2) is 74.6 Å². The summed E-state index contributed by atoms with van der Waals surface area (Å²) in [7, 11) is -8.52. The number of hydrogen-bond donors (Lipinski definition) is 4. The molecule has 1 aliphatic rings. The summed E-state index contributed by atoms with van der Waals surface area (Å²) in [6, 6.07) is 7.05. The van der Waals surface area contributed by atoms with E-state index in [2.05, 4.69) is 31.9 Å². The average molecular weight is 695 g/mol. The Morgan fingerprint density at radius 3 is 2.36 bits per heavy atom. The molecule has 0 aliphatic carbocycles. The molecule has 45 heavy (non-hydrogen) atoms. The van der Waals surface area contributed by atoms with Crippen LogP contribution in [0.15, 0.2) is 40.9 Å². The zero-order valence-corrected chi connectivity index (χ0v) is 25.6. The number of fused-ring (bicyclic) bond motifs is 1. The molecule has 1 aliphatic heterocycles. The lowest BCUT2D eigenvalue weighted by molar-refractivity contribution is -0.128. The number of amides is 4. The number of aryl methyl sites for hydroxylation is 2. The van der Waals surface area contributed by atoms with Crippen molar-refractivity contribution in [3.8, 4) is 28.7 Å². The molecule has 13 nitrogen and oxygen atoms in total. The first-order chi connectivity index (χ1) is 24.9. The molecule has 3 aromatic rings. The predicted molar refractivity (Wildman–Crippen MR) is 169 cm³/mol. The third-order valence-electron chi connectivity index (χ3n) is 6.72. The second-order valence-electron chi connectivity index (χ2n) is 9.86. The monoisotopic (exact) mass is 693 g/mol. The van der Waals surface area contributed by atoms with Crippen molar-refractivity contribution < 1.29 is 55.6 Å². The number of nitrogens with zero attached hydrogens (tertiary/aromatic N) is 1. The van der Waals surface area contributed by atoms with Gasteiger partial charge in [0, 0.05) is 7.05 Å². The highest BCUT2D eigenvalue weighted by molar-refractivity contribution is 9.10. The van der Waals surface area contributed by atoms with Gasteiger partial charge in [0.05, 0.1) is 66.8 Å². The second kappa shape index (κ2) is 13.9. The molecule has 0 spiro atoms. The van der Waals surface area contributed by atoms with Gasteiger partial charge >= 0.3 is 0 Å². The number of anilines is 2.